The fourth-order valence-corrected chi connectivity index (χ4v) is 2.75. The minimum absolute atomic E-state index is 0.0223. The summed E-state index contributed by atoms with van der Waals surface area (Å²) in [5.74, 6) is -1.54. The molecule has 0 fully saturated rings. The van der Waals surface area contributed by atoms with E-state index in [1.807, 2.05) is 26.0 Å². The first-order chi connectivity index (χ1) is 13.8. The number of benzene rings is 2. The van der Waals surface area contributed by atoms with E-state index in [1.54, 1.807) is 12.1 Å². The number of aryl methyl sites for hydroxylation is 2. The van der Waals surface area contributed by atoms with Crippen LogP contribution in [0.1, 0.15) is 27.9 Å². The Hall–Kier alpha value is -3.47. The summed E-state index contributed by atoms with van der Waals surface area (Å²) in [6.45, 7) is 0.343. The van der Waals surface area contributed by atoms with Crippen molar-refractivity contribution in [1.29, 1.82) is 5.26 Å². The van der Waals surface area contributed by atoms with Gasteiger partial charge in [0.15, 0.2) is 6.61 Å². The van der Waals surface area contributed by atoms with Gasteiger partial charge in [-0.3, -0.25) is 4.79 Å². The number of amides is 1. The van der Waals surface area contributed by atoms with Crippen LogP contribution in [0.25, 0.3) is 0 Å². The number of carbonyl (C=O) groups is 2. The molecule has 0 N–H and O–H groups in total. The highest BCUT2D eigenvalue weighted by atomic mass is 19.3. The van der Waals surface area contributed by atoms with Gasteiger partial charge in [0.1, 0.15) is 5.75 Å². The van der Waals surface area contributed by atoms with Gasteiger partial charge in [0.05, 0.1) is 18.1 Å². The van der Waals surface area contributed by atoms with Crippen molar-refractivity contribution in [3.05, 3.63) is 59.2 Å². The van der Waals surface area contributed by atoms with Gasteiger partial charge in [0.2, 0.25) is 0 Å². The average molecular weight is 402 g/mol. The second-order valence-corrected chi connectivity index (χ2v) is 6.28. The molecule has 8 heteroatoms. The van der Waals surface area contributed by atoms with E-state index in [1.165, 1.54) is 23.1 Å². The Balaban J connectivity index is 2.09. The SMILES string of the molecule is Cc1cc(C)cc(N(CCC#N)C(=O)COC(=O)c2cccc(OC(F)F)c2)c1. The summed E-state index contributed by atoms with van der Waals surface area (Å²) >= 11 is 0. The van der Waals surface area contributed by atoms with Crippen LogP contribution < -0.4 is 9.64 Å². The van der Waals surface area contributed by atoms with Crippen LogP contribution >= 0.6 is 0 Å². The number of hydrogen-bond acceptors (Lipinski definition) is 5. The lowest BCUT2D eigenvalue weighted by Crippen LogP contribution is -2.35. The van der Waals surface area contributed by atoms with Crippen LogP contribution in [0.3, 0.4) is 0 Å². The molecular formula is C21H20F2N2O4. The standard InChI is InChI=1S/C21H20F2N2O4/c1-14-9-15(2)11-17(10-14)25(8-4-7-24)19(26)13-28-20(27)16-5-3-6-18(12-16)29-21(22)23/h3,5-6,9-12,21H,4,8,13H2,1-2H3. The highest BCUT2D eigenvalue weighted by Crippen LogP contribution is 2.20. The molecule has 6 nitrogen and oxygen atoms in total. The van der Waals surface area contributed by atoms with Crippen LogP contribution in [-0.4, -0.2) is 31.6 Å². The van der Waals surface area contributed by atoms with Gasteiger partial charge in [-0.2, -0.15) is 14.0 Å². The van der Waals surface area contributed by atoms with E-state index < -0.39 is 25.1 Å². The largest absolute Gasteiger partial charge is 0.452 e. The van der Waals surface area contributed by atoms with Gasteiger partial charge in [0.25, 0.3) is 5.91 Å². The van der Waals surface area contributed by atoms with E-state index in [2.05, 4.69) is 4.74 Å². The summed E-state index contributed by atoms with van der Waals surface area (Å²) in [4.78, 5) is 26.2. The van der Waals surface area contributed by atoms with Crippen LogP contribution in [0.4, 0.5) is 14.5 Å². The Kier molecular flexibility index (Phi) is 7.66. The first-order valence-corrected chi connectivity index (χ1v) is 8.77. The van der Waals surface area contributed by atoms with Crippen LogP contribution in [0, 0.1) is 25.2 Å². The van der Waals surface area contributed by atoms with Crippen molar-refractivity contribution in [2.24, 2.45) is 0 Å². The van der Waals surface area contributed by atoms with E-state index in [0.29, 0.717) is 5.69 Å². The van der Waals surface area contributed by atoms with Gasteiger partial charge in [-0.15, -0.1) is 0 Å². The van der Waals surface area contributed by atoms with E-state index >= 15 is 0 Å². The molecule has 0 radical (unpaired) electrons. The molecule has 0 atom stereocenters. The van der Waals surface area contributed by atoms with Gasteiger partial charge >= 0.3 is 12.6 Å². The molecule has 0 aromatic heterocycles. The molecule has 0 saturated heterocycles. The summed E-state index contributed by atoms with van der Waals surface area (Å²) in [5.41, 5.74) is 2.47. The van der Waals surface area contributed by atoms with Crippen molar-refractivity contribution in [2.75, 3.05) is 18.1 Å². The van der Waals surface area contributed by atoms with E-state index in [-0.39, 0.29) is 24.3 Å². The Bertz CT molecular complexity index is 905. The van der Waals surface area contributed by atoms with E-state index in [9.17, 15) is 18.4 Å². The Labute approximate surface area is 167 Å². The summed E-state index contributed by atoms with van der Waals surface area (Å²) in [6, 6.07) is 12.7. The maximum Gasteiger partial charge on any atom is 0.387 e. The van der Waals surface area contributed by atoms with Crippen molar-refractivity contribution in [1.82, 2.24) is 0 Å². The molecule has 152 valence electrons. The number of nitrogens with zero attached hydrogens (tertiary/aromatic N) is 2. The topological polar surface area (TPSA) is 79.6 Å². The predicted octanol–water partition coefficient (Wildman–Crippen LogP) is 4.01. The normalized spacial score (nSPS) is 10.3. The Morgan fingerprint density at radius 3 is 2.45 bits per heavy atom. The zero-order valence-electron chi connectivity index (χ0n) is 16.0. The van der Waals surface area contributed by atoms with Gasteiger partial charge in [-0.25, -0.2) is 4.79 Å². The van der Waals surface area contributed by atoms with Crippen molar-refractivity contribution in [3.63, 3.8) is 0 Å². The molecule has 2 rings (SSSR count). The molecule has 0 aliphatic heterocycles. The molecular weight excluding hydrogens is 382 g/mol. The van der Waals surface area contributed by atoms with Crippen molar-refractivity contribution in [2.45, 2.75) is 26.9 Å². The van der Waals surface area contributed by atoms with Gasteiger partial charge in [0, 0.05) is 12.2 Å². The fraction of sp³-hybridized carbons (Fsp3) is 0.286. The molecule has 2 aromatic carbocycles. The highest BCUT2D eigenvalue weighted by Gasteiger charge is 2.19. The number of anilines is 1. The summed E-state index contributed by atoms with van der Waals surface area (Å²) < 4.78 is 33.9. The molecule has 0 aliphatic carbocycles. The van der Waals surface area contributed by atoms with Crippen LogP contribution in [-0.2, 0) is 9.53 Å². The zero-order chi connectivity index (χ0) is 21.4. The minimum Gasteiger partial charge on any atom is -0.452 e. The quantitative estimate of drug-likeness (QED) is 0.624. The third kappa shape index (κ3) is 6.57. The summed E-state index contributed by atoms with van der Waals surface area (Å²) in [6.07, 6.45) is 0.111. The van der Waals surface area contributed by atoms with Crippen LogP contribution in [0.15, 0.2) is 42.5 Å². The van der Waals surface area contributed by atoms with Crippen LogP contribution in [0.2, 0.25) is 0 Å². The molecule has 0 bridgehead atoms. The lowest BCUT2D eigenvalue weighted by Gasteiger charge is -2.22. The number of halogens is 2. The number of nitriles is 1. The first kappa shape index (κ1) is 21.8. The minimum atomic E-state index is -3.02. The highest BCUT2D eigenvalue weighted by molar-refractivity contribution is 5.97. The molecule has 0 saturated carbocycles. The third-order valence-corrected chi connectivity index (χ3v) is 3.89. The van der Waals surface area contributed by atoms with Crippen LogP contribution in [0.5, 0.6) is 5.75 Å². The molecule has 0 aliphatic rings. The zero-order valence-corrected chi connectivity index (χ0v) is 16.0. The number of hydrogen-bond donors (Lipinski definition) is 0. The smallest absolute Gasteiger partial charge is 0.387 e. The monoisotopic (exact) mass is 402 g/mol. The Morgan fingerprint density at radius 1 is 1.14 bits per heavy atom. The third-order valence-electron chi connectivity index (χ3n) is 3.89. The average Bonchev–Trinajstić information content (AvgIpc) is 2.65. The number of carbonyl (C=O) groups excluding carboxylic acids is 2. The maximum atomic E-state index is 12.6. The molecule has 0 heterocycles. The van der Waals surface area contributed by atoms with Gasteiger partial charge in [-0.05, 0) is 55.3 Å². The van der Waals surface area contributed by atoms with Crippen molar-refractivity contribution >= 4 is 17.6 Å². The molecule has 2 aromatic rings. The van der Waals surface area contributed by atoms with E-state index in [0.717, 1.165) is 17.2 Å². The molecule has 0 spiro atoms. The molecule has 1 amide bonds. The second-order valence-electron chi connectivity index (χ2n) is 6.28. The first-order valence-electron chi connectivity index (χ1n) is 8.77. The van der Waals surface area contributed by atoms with Gasteiger partial charge < -0.3 is 14.4 Å². The maximum absolute atomic E-state index is 12.6. The molecule has 0 unspecified atom stereocenters. The summed E-state index contributed by atoms with van der Waals surface area (Å²) in [5, 5.41) is 8.87. The second kappa shape index (κ2) is 10.2. The fourth-order valence-electron chi connectivity index (χ4n) is 2.75. The summed E-state index contributed by atoms with van der Waals surface area (Å²) in [7, 11) is 0. The number of ether oxygens (including phenoxy) is 2. The predicted molar refractivity (Wildman–Crippen MR) is 102 cm³/mol. The van der Waals surface area contributed by atoms with Gasteiger partial charge in [-0.1, -0.05) is 12.1 Å². The lowest BCUT2D eigenvalue weighted by molar-refractivity contribution is -0.121. The number of esters is 1. The Morgan fingerprint density at radius 2 is 1.83 bits per heavy atom. The number of rotatable bonds is 8. The lowest BCUT2D eigenvalue weighted by atomic mass is 10.1. The van der Waals surface area contributed by atoms with Crippen molar-refractivity contribution < 1.29 is 27.8 Å². The van der Waals surface area contributed by atoms with Crippen molar-refractivity contribution in [3.8, 4) is 11.8 Å². The molecule has 29 heavy (non-hydrogen) atoms. The number of alkyl halides is 2. The van der Waals surface area contributed by atoms with E-state index in [4.69, 9.17) is 10.00 Å².